The molecule has 0 atom stereocenters. The van der Waals surface area contributed by atoms with Crippen molar-refractivity contribution in [1.29, 1.82) is 0 Å². The van der Waals surface area contributed by atoms with Crippen LogP contribution >= 0.6 is 46.1 Å². The van der Waals surface area contributed by atoms with Crippen LogP contribution in [0.3, 0.4) is 0 Å². The lowest BCUT2D eigenvalue weighted by molar-refractivity contribution is 0.0702. The van der Waals surface area contributed by atoms with E-state index in [0.29, 0.717) is 20.1 Å². The highest BCUT2D eigenvalue weighted by Gasteiger charge is 2.18. The first kappa shape index (κ1) is 11.0. The van der Waals surface area contributed by atoms with E-state index >= 15 is 0 Å². The van der Waals surface area contributed by atoms with Gasteiger partial charge < -0.3 is 5.11 Å². The molecule has 0 bridgehead atoms. The average Bonchev–Trinajstić information content (AvgIpc) is 2.42. The third-order valence-electron chi connectivity index (χ3n) is 1.84. The highest BCUT2D eigenvalue weighted by atomic mass is 35.5. The van der Waals surface area contributed by atoms with Gasteiger partial charge in [0, 0.05) is 15.1 Å². The van der Waals surface area contributed by atoms with Crippen LogP contribution in [0.4, 0.5) is 0 Å². The van der Waals surface area contributed by atoms with Gasteiger partial charge in [-0.2, -0.15) is 0 Å². The number of hydrogen-bond donors (Lipinski definition) is 1. The summed E-state index contributed by atoms with van der Waals surface area (Å²) in [5.41, 5.74) is 0. The van der Waals surface area contributed by atoms with Crippen LogP contribution in [0.1, 0.15) is 9.67 Å². The van der Waals surface area contributed by atoms with Gasteiger partial charge in [-0.25, -0.2) is 4.79 Å². The van der Waals surface area contributed by atoms with E-state index in [2.05, 4.69) is 0 Å². The summed E-state index contributed by atoms with van der Waals surface area (Å²) < 4.78 is 0.676. The van der Waals surface area contributed by atoms with Crippen molar-refractivity contribution in [2.75, 3.05) is 0 Å². The molecule has 1 aromatic carbocycles. The van der Waals surface area contributed by atoms with Crippen LogP contribution in [0.15, 0.2) is 12.1 Å². The molecule has 0 fully saturated rings. The second-order valence-corrected chi connectivity index (χ2v) is 5.08. The Labute approximate surface area is 104 Å². The molecule has 0 amide bonds. The van der Waals surface area contributed by atoms with Crippen molar-refractivity contribution in [2.45, 2.75) is 0 Å². The van der Waals surface area contributed by atoms with E-state index < -0.39 is 5.97 Å². The molecule has 2 aromatic rings. The summed E-state index contributed by atoms with van der Waals surface area (Å²) >= 11 is 18.7. The van der Waals surface area contributed by atoms with Gasteiger partial charge in [0.1, 0.15) is 4.88 Å². The molecule has 0 aliphatic carbocycles. The zero-order valence-electron chi connectivity index (χ0n) is 7.05. The molecule has 0 spiro atoms. The van der Waals surface area contributed by atoms with E-state index in [1.807, 2.05) is 0 Å². The van der Waals surface area contributed by atoms with Crippen LogP contribution in [0.2, 0.25) is 15.1 Å². The number of aromatic carboxylic acids is 1. The lowest BCUT2D eigenvalue weighted by Crippen LogP contribution is -1.91. The molecule has 1 aromatic heterocycles. The Hall–Kier alpha value is -0.480. The monoisotopic (exact) mass is 280 g/mol. The van der Waals surface area contributed by atoms with Crippen LogP contribution in [0, 0.1) is 0 Å². The molecule has 0 radical (unpaired) electrons. The highest BCUT2D eigenvalue weighted by Crippen LogP contribution is 2.40. The molecule has 0 unspecified atom stereocenters. The van der Waals surface area contributed by atoms with Crippen LogP contribution in [-0.2, 0) is 0 Å². The summed E-state index contributed by atoms with van der Waals surface area (Å²) in [7, 11) is 0. The largest absolute Gasteiger partial charge is 0.477 e. The molecule has 0 saturated heterocycles. The number of hydrogen-bond acceptors (Lipinski definition) is 2. The molecule has 1 heterocycles. The number of halogens is 3. The number of fused-ring (bicyclic) bond motifs is 1. The van der Waals surface area contributed by atoms with E-state index in [9.17, 15) is 4.79 Å². The maximum absolute atomic E-state index is 10.8. The maximum atomic E-state index is 10.8. The molecule has 15 heavy (non-hydrogen) atoms. The van der Waals surface area contributed by atoms with Crippen molar-refractivity contribution in [3.63, 3.8) is 0 Å². The molecule has 2 rings (SSSR count). The molecule has 78 valence electrons. The second-order valence-electron chi connectivity index (χ2n) is 2.81. The minimum Gasteiger partial charge on any atom is -0.477 e. The first-order valence-electron chi connectivity index (χ1n) is 3.81. The van der Waals surface area contributed by atoms with Crippen LogP contribution in [0.5, 0.6) is 0 Å². The molecular formula is C9H3Cl3O2S. The van der Waals surface area contributed by atoms with Crippen molar-refractivity contribution in [1.82, 2.24) is 0 Å². The average molecular weight is 282 g/mol. The van der Waals surface area contributed by atoms with Gasteiger partial charge >= 0.3 is 5.97 Å². The number of carbonyl (C=O) groups is 1. The summed E-state index contributed by atoms with van der Waals surface area (Å²) in [5, 5.41) is 10.4. The molecule has 2 nitrogen and oxygen atoms in total. The van der Waals surface area contributed by atoms with Crippen LogP contribution in [-0.4, -0.2) is 11.1 Å². The van der Waals surface area contributed by atoms with Gasteiger partial charge in [-0.15, -0.1) is 11.3 Å². The summed E-state index contributed by atoms with van der Waals surface area (Å²) in [5.74, 6) is -1.06. The second kappa shape index (κ2) is 3.83. The Kier molecular flexibility index (Phi) is 2.81. The Morgan fingerprint density at radius 1 is 1.27 bits per heavy atom. The standard InChI is InChI=1S/C9H3Cl3O2S/c10-3-1-4(11)6-5(2-3)15-8(7(6)12)9(13)14/h1-2H,(H,13,14). The van der Waals surface area contributed by atoms with Gasteiger partial charge in [0.15, 0.2) is 0 Å². The Morgan fingerprint density at radius 2 is 1.93 bits per heavy atom. The Morgan fingerprint density at radius 3 is 2.53 bits per heavy atom. The van der Waals surface area contributed by atoms with E-state index in [1.165, 1.54) is 6.07 Å². The third kappa shape index (κ3) is 1.81. The zero-order valence-corrected chi connectivity index (χ0v) is 10.1. The van der Waals surface area contributed by atoms with Gasteiger partial charge in [0.25, 0.3) is 0 Å². The fourth-order valence-corrected chi connectivity index (χ4v) is 3.46. The summed E-state index contributed by atoms with van der Waals surface area (Å²) in [4.78, 5) is 10.9. The summed E-state index contributed by atoms with van der Waals surface area (Å²) in [6.07, 6.45) is 0. The maximum Gasteiger partial charge on any atom is 0.347 e. The minimum absolute atomic E-state index is 0.0795. The first-order valence-corrected chi connectivity index (χ1v) is 5.76. The SMILES string of the molecule is O=C(O)c1sc2cc(Cl)cc(Cl)c2c1Cl. The zero-order chi connectivity index (χ0) is 11.2. The van der Waals surface area contributed by atoms with Gasteiger partial charge in [-0.3, -0.25) is 0 Å². The van der Waals surface area contributed by atoms with Gasteiger partial charge in [-0.05, 0) is 12.1 Å². The number of rotatable bonds is 1. The molecule has 1 N–H and O–H groups in total. The highest BCUT2D eigenvalue weighted by molar-refractivity contribution is 7.21. The normalized spacial score (nSPS) is 10.9. The molecule has 0 aliphatic heterocycles. The Balaban J connectivity index is 2.88. The first-order chi connectivity index (χ1) is 7.00. The molecule has 0 aliphatic rings. The summed E-state index contributed by atoms with van der Waals surface area (Å²) in [6, 6.07) is 3.18. The Bertz CT molecular complexity index is 562. The van der Waals surface area contributed by atoms with Crippen LogP contribution in [0.25, 0.3) is 10.1 Å². The quantitative estimate of drug-likeness (QED) is 0.832. The lowest BCUT2D eigenvalue weighted by Gasteiger charge is -1.95. The number of carboxylic acid groups (broad SMARTS) is 1. The number of benzene rings is 1. The van der Waals surface area contributed by atoms with E-state index in [0.717, 1.165) is 11.3 Å². The number of thiophene rings is 1. The van der Waals surface area contributed by atoms with Crippen molar-refractivity contribution in [3.05, 3.63) is 32.1 Å². The minimum atomic E-state index is -1.06. The van der Waals surface area contributed by atoms with Crippen molar-refractivity contribution in [3.8, 4) is 0 Å². The van der Waals surface area contributed by atoms with E-state index in [4.69, 9.17) is 39.9 Å². The third-order valence-corrected chi connectivity index (χ3v) is 3.98. The van der Waals surface area contributed by atoms with Crippen molar-refractivity contribution < 1.29 is 9.90 Å². The van der Waals surface area contributed by atoms with Crippen molar-refractivity contribution in [2.24, 2.45) is 0 Å². The molecule has 0 saturated carbocycles. The fourth-order valence-electron chi connectivity index (χ4n) is 1.25. The molecular weight excluding hydrogens is 279 g/mol. The van der Waals surface area contributed by atoms with Crippen molar-refractivity contribution >= 4 is 62.2 Å². The van der Waals surface area contributed by atoms with Crippen LogP contribution < -0.4 is 0 Å². The number of carboxylic acids is 1. The van der Waals surface area contributed by atoms with Gasteiger partial charge in [0.2, 0.25) is 0 Å². The van der Waals surface area contributed by atoms with E-state index in [-0.39, 0.29) is 9.90 Å². The predicted molar refractivity (Wildman–Crippen MR) is 63.8 cm³/mol. The van der Waals surface area contributed by atoms with Gasteiger partial charge in [0.05, 0.1) is 10.0 Å². The predicted octanol–water partition coefficient (Wildman–Crippen LogP) is 4.56. The van der Waals surface area contributed by atoms with E-state index in [1.54, 1.807) is 6.07 Å². The van der Waals surface area contributed by atoms with Gasteiger partial charge in [-0.1, -0.05) is 34.8 Å². The molecule has 6 heteroatoms. The summed E-state index contributed by atoms with van der Waals surface area (Å²) in [6.45, 7) is 0. The topological polar surface area (TPSA) is 37.3 Å². The fraction of sp³-hybridized carbons (Fsp3) is 0. The smallest absolute Gasteiger partial charge is 0.347 e. The lowest BCUT2D eigenvalue weighted by atomic mass is 10.2.